The van der Waals surface area contributed by atoms with Crippen molar-refractivity contribution >= 4 is 11.4 Å². The topological polar surface area (TPSA) is 49.0 Å². The average Bonchev–Trinajstić information content (AvgIpc) is 2.17. The maximum absolute atomic E-state index is 4.13. The Morgan fingerprint density at radius 1 is 0.923 bits per heavy atom. The lowest BCUT2D eigenvalue weighted by Crippen LogP contribution is -2.28. The molecule has 0 saturated heterocycles. The summed E-state index contributed by atoms with van der Waals surface area (Å²) in [7, 11) is 0. The van der Waals surface area contributed by atoms with E-state index in [9.17, 15) is 0 Å². The van der Waals surface area contributed by atoms with Gasteiger partial charge in [0.25, 0.3) is 0 Å². The molecule has 13 heavy (non-hydrogen) atoms. The molecular weight excluding hydrogens is 164 g/mol. The maximum atomic E-state index is 4.13. The second-order valence-corrected chi connectivity index (χ2v) is 3.07. The number of nitrogens with zero attached hydrogens (tertiary/aromatic N) is 1. The predicted molar refractivity (Wildman–Crippen MR) is 54.1 cm³/mol. The van der Waals surface area contributed by atoms with Crippen LogP contribution in [0.3, 0.4) is 0 Å². The predicted octanol–water partition coefficient (Wildman–Crippen LogP) is 0.509. The van der Waals surface area contributed by atoms with Crippen molar-refractivity contribution in [1.82, 2.24) is 10.3 Å². The van der Waals surface area contributed by atoms with E-state index in [4.69, 9.17) is 0 Å². The van der Waals surface area contributed by atoms with Crippen molar-refractivity contribution in [3.63, 3.8) is 0 Å². The molecule has 0 amide bonds. The molecule has 0 spiro atoms. The zero-order chi connectivity index (χ0) is 8.93. The SMILES string of the molecule is c1ncc2cc1NCCNCCN2. The highest BCUT2D eigenvalue weighted by atomic mass is 15.0. The minimum absolute atomic E-state index is 0.950. The fourth-order valence-corrected chi connectivity index (χ4v) is 1.35. The van der Waals surface area contributed by atoms with E-state index >= 15 is 0 Å². The van der Waals surface area contributed by atoms with Crippen LogP contribution in [-0.4, -0.2) is 31.2 Å². The third kappa shape index (κ3) is 2.32. The second kappa shape index (κ2) is 4.09. The van der Waals surface area contributed by atoms with Gasteiger partial charge in [0.05, 0.1) is 23.8 Å². The van der Waals surface area contributed by atoms with Crippen molar-refractivity contribution in [2.75, 3.05) is 36.8 Å². The molecule has 0 aromatic carbocycles. The van der Waals surface area contributed by atoms with Gasteiger partial charge in [0.2, 0.25) is 0 Å². The quantitative estimate of drug-likeness (QED) is 0.542. The van der Waals surface area contributed by atoms with Crippen molar-refractivity contribution in [2.45, 2.75) is 0 Å². The van der Waals surface area contributed by atoms with Gasteiger partial charge in [0.1, 0.15) is 0 Å². The molecule has 4 heteroatoms. The zero-order valence-corrected chi connectivity index (χ0v) is 7.51. The van der Waals surface area contributed by atoms with Crippen LogP contribution in [0.25, 0.3) is 0 Å². The fourth-order valence-electron chi connectivity index (χ4n) is 1.35. The zero-order valence-electron chi connectivity index (χ0n) is 7.51. The molecule has 1 aliphatic heterocycles. The molecule has 0 atom stereocenters. The molecule has 2 heterocycles. The van der Waals surface area contributed by atoms with E-state index in [1.54, 1.807) is 0 Å². The Hall–Kier alpha value is -1.29. The van der Waals surface area contributed by atoms with Crippen molar-refractivity contribution in [2.24, 2.45) is 0 Å². The molecular formula is C9H14N4. The minimum atomic E-state index is 0.950. The highest BCUT2D eigenvalue weighted by Crippen LogP contribution is 2.12. The Morgan fingerprint density at radius 2 is 1.54 bits per heavy atom. The average molecular weight is 178 g/mol. The Labute approximate surface area is 77.8 Å². The normalized spacial score (nSPS) is 16.9. The lowest BCUT2D eigenvalue weighted by Gasteiger charge is -2.13. The first kappa shape index (κ1) is 8.31. The lowest BCUT2D eigenvalue weighted by molar-refractivity contribution is 0.717. The summed E-state index contributed by atoms with van der Waals surface area (Å²) in [4.78, 5) is 4.13. The standard InChI is InChI=1S/C9H14N4/c1-3-12-8-5-9(7-11-6-8)13-4-2-10-1/h5-7,10,12-13H,1-4H2. The van der Waals surface area contributed by atoms with Crippen LogP contribution in [0.15, 0.2) is 18.5 Å². The van der Waals surface area contributed by atoms with Gasteiger partial charge in [0.15, 0.2) is 0 Å². The van der Waals surface area contributed by atoms with E-state index in [0.717, 1.165) is 37.6 Å². The van der Waals surface area contributed by atoms with Gasteiger partial charge < -0.3 is 16.0 Å². The molecule has 0 aliphatic carbocycles. The number of pyridine rings is 1. The van der Waals surface area contributed by atoms with Gasteiger partial charge in [-0.25, -0.2) is 0 Å². The summed E-state index contributed by atoms with van der Waals surface area (Å²) in [5.41, 5.74) is 2.16. The molecule has 0 radical (unpaired) electrons. The highest BCUT2D eigenvalue weighted by Gasteiger charge is 1.98. The van der Waals surface area contributed by atoms with Gasteiger partial charge in [-0.2, -0.15) is 0 Å². The largest absolute Gasteiger partial charge is 0.382 e. The fraction of sp³-hybridized carbons (Fsp3) is 0.444. The number of hydrogen-bond donors (Lipinski definition) is 3. The van der Waals surface area contributed by atoms with Crippen LogP contribution >= 0.6 is 0 Å². The van der Waals surface area contributed by atoms with E-state index in [1.165, 1.54) is 0 Å². The molecule has 3 N–H and O–H groups in total. The Bertz CT molecular complexity index is 251. The van der Waals surface area contributed by atoms with Crippen LogP contribution in [0.5, 0.6) is 0 Å². The molecule has 4 nitrogen and oxygen atoms in total. The molecule has 1 aliphatic rings. The first-order valence-electron chi connectivity index (χ1n) is 4.59. The number of anilines is 2. The van der Waals surface area contributed by atoms with Gasteiger partial charge in [-0.05, 0) is 6.07 Å². The Kier molecular flexibility index (Phi) is 2.62. The van der Waals surface area contributed by atoms with Crippen LogP contribution in [-0.2, 0) is 0 Å². The highest BCUT2D eigenvalue weighted by molar-refractivity contribution is 5.54. The molecule has 1 aromatic heterocycles. The van der Waals surface area contributed by atoms with E-state index in [2.05, 4.69) is 27.0 Å². The molecule has 2 rings (SSSR count). The summed E-state index contributed by atoms with van der Waals surface area (Å²) in [5.74, 6) is 0. The summed E-state index contributed by atoms with van der Waals surface area (Å²) in [6.07, 6.45) is 3.68. The number of aromatic nitrogens is 1. The van der Waals surface area contributed by atoms with Crippen LogP contribution in [0.1, 0.15) is 0 Å². The van der Waals surface area contributed by atoms with E-state index in [0.29, 0.717) is 0 Å². The molecule has 0 fully saturated rings. The minimum Gasteiger partial charge on any atom is -0.382 e. The van der Waals surface area contributed by atoms with Gasteiger partial charge >= 0.3 is 0 Å². The molecule has 2 bridgehead atoms. The van der Waals surface area contributed by atoms with Crippen LogP contribution in [0.4, 0.5) is 11.4 Å². The molecule has 0 saturated carbocycles. The first-order valence-corrected chi connectivity index (χ1v) is 4.59. The Morgan fingerprint density at radius 3 is 2.15 bits per heavy atom. The summed E-state index contributed by atoms with van der Waals surface area (Å²) < 4.78 is 0. The summed E-state index contributed by atoms with van der Waals surface area (Å²) in [5, 5.41) is 9.90. The van der Waals surface area contributed by atoms with Crippen molar-refractivity contribution < 1.29 is 0 Å². The summed E-state index contributed by atoms with van der Waals surface area (Å²) in [6.45, 7) is 3.88. The maximum Gasteiger partial charge on any atom is 0.0547 e. The van der Waals surface area contributed by atoms with Crippen molar-refractivity contribution in [3.05, 3.63) is 18.5 Å². The van der Waals surface area contributed by atoms with Crippen LogP contribution < -0.4 is 16.0 Å². The van der Waals surface area contributed by atoms with Gasteiger partial charge in [-0.15, -0.1) is 0 Å². The smallest absolute Gasteiger partial charge is 0.0547 e. The summed E-state index contributed by atoms with van der Waals surface area (Å²) in [6, 6.07) is 2.08. The van der Waals surface area contributed by atoms with Gasteiger partial charge in [-0.3, -0.25) is 4.98 Å². The molecule has 70 valence electrons. The van der Waals surface area contributed by atoms with Crippen molar-refractivity contribution in [1.29, 1.82) is 0 Å². The lowest BCUT2D eigenvalue weighted by atomic mass is 10.3. The molecule has 0 unspecified atom stereocenters. The van der Waals surface area contributed by atoms with E-state index in [1.807, 2.05) is 12.4 Å². The third-order valence-corrected chi connectivity index (χ3v) is 2.00. The Balaban J connectivity index is 2.13. The number of nitrogens with one attached hydrogen (secondary N) is 3. The van der Waals surface area contributed by atoms with Gasteiger partial charge in [0, 0.05) is 26.2 Å². The number of rotatable bonds is 0. The van der Waals surface area contributed by atoms with E-state index < -0.39 is 0 Å². The summed E-state index contributed by atoms with van der Waals surface area (Å²) >= 11 is 0. The number of hydrogen-bond acceptors (Lipinski definition) is 4. The van der Waals surface area contributed by atoms with Gasteiger partial charge in [-0.1, -0.05) is 0 Å². The monoisotopic (exact) mass is 178 g/mol. The first-order chi connectivity index (χ1) is 6.45. The number of fused-ring (bicyclic) bond motifs is 2. The van der Waals surface area contributed by atoms with Crippen LogP contribution in [0, 0.1) is 0 Å². The second-order valence-electron chi connectivity index (χ2n) is 3.07. The third-order valence-electron chi connectivity index (χ3n) is 2.00. The molecule has 1 aromatic rings. The van der Waals surface area contributed by atoms with Crippen LogP contribution in [0.2, 0.25) is 0 Å². The van der Waals surface area contributed by atoms with Crippen molar-refractivity contribution in [3.8, 4) is 0 Å². The van der Waals surface area contributed by atoms with E-state index in [-0.39, 0.29) is 0 Å².